The van der Waals surface area contributed by atoms with Crippen molar-refractivity contribution in [3.63, 3.8) is 0 Å². The third-order valence-corrected chi connectivity index (χ3v) is 4.19. The van der Waals surface area contributed by atoms with Crippen LogP contribution in [-0.4, -0.2) is 35.9 Å². The van der Waals surface area contributed by atoms with Gasteiger partial charge < -0.3 is 14.6 Å². The van der Waals surface area contributed by atoms with Gasteiger partial charge in [-0.25, -0.2) is 4.98 Å². The molecule has 1 aliphatic heterocycles. The third kappa shape index (κ3) is 3.12. The van der Waals surface area contributed by atoms with Gasteiger partial charge in [0.2, 0.25) is 0 Å². The Morgan fingerprint density at radius 2 is 2.44 bits per heavy atom. The summed E-state index contributed by atoms with van der Waals surface area (Å²) in [7, 11) is 4.14. The standard InChI is InChI=1S/C14H25N3O/c1-11-10-18-9-6-12(11)13(15-2)4-5-14-16-7-8-17(14)3/h7-8,11-13,15H,4-6,9-10H2,1-3H3. The number of nitrogens with zero attached hydrogens (tertiary/aromatic N) is 2. The molecule has 0 aliphatic carbocycles. The summed E-state index contributed by atoms with van der Waals surface area (Å²) in [6.45, 7) is 4.12. The molecule has 18 heavy (non-hydrogen) atoms. The first-order valence-corrected chi connectivity index (χ1v) is 6.93. The molecule has 4 nitrogen and oxygen atoms in total. The lowest BCUT2D eigenvalue weighted by Crippen LogP contribution is -2.41. The smallest absolute Gasteiger partial charge is 0.108 e. The van der Waals surface area contributed by atoms with E-state index >= 15 is 0 Å². The molecule has 3 unspecified atom stereocenters. The number of imidazole rings is 1. The molecule has 0 amide bonds. The van der Waals surface area contributed by atoms with Gasteiger partial charge in [0.05, 0.1) is 0 Å². The predicted octanol–water partition coefficient (Wildman–Crippen LogP) is 1.61. The first-order valence-electron chi connectivity index (χ1n) is 6.93. The maximum absolute atomic E-state index is 5.53. The maximum atomic E-state index is 5.53. The Labute approximate surface area is 110 Å². The van der Waals surface area contributed by atoms with Crippen molar-refractivity contribution >= 4 is 0 Å². The molecule has 1 saturated heterocycles. The lowest BCUT2D eigenvalue weighted by atomic mass is 9.82. The van der Waals surface area contributed by atoms with Crippen molar-refractivity contribution in [2.75, 3.05) is 20.3 Å². The number of nitrogens with one attached hydrogen (secondary N) is 1. The van der Waals surface area contributed by atoms with Gasteiger partial charge in [0, 0.05) is 45.1 Å². The first kappa shape index (κ1) is 13.6. The lowest BCUT2D eigenvalue weighted by Gasteiger charge is -2.35. The van der Waals surface area contributed by atoms with E-state index in [0.717, 1.165) is 32.0 Å². The molecule has 0 radical (unpaired) electrons. The number of hydrogen-bond donors (Lipinski definition) is 1. The van der Waals surface area contributed by atoms with Gasteiger partial charge in [0.15, 0.2) is 0 Å². The van der Waals surface area contributed by atoms with Crippen LogP contribution in [0.2, 0.25) is 0 Å². The third-order valence-electron chi connectivity index (χ3n) is 4.19. The molecular weight excluding hydrogens is 226 g/mol. The monoisotopic (exact) mass is 251 g/mol. The summed E-state index contributed by atoms with van der Waals surface area (Å²) in [6, 6.07) is 0.570. The molecular formula is C14H25N3O. The molecule has 0 bridgehead atoms. The van der Waals surface area contributed by atoms with Crippen LogP contribution in [0.25, 0.3) is 0 Å². The Hall–Kier alpha value is -0.870. The molecule has 1 N–H and O–H groups in total. The number of hydrogen-bond acceptors (Lipinski definition) is 3. The molecule has 0 aromatic carbocycles. The molecule has 2 rings (SSSR count). The molecule has 0 saturated carbocycles. The van der Waals surface area contributed by atoms with E-state index in [-0.39, 0.29) is 0 Å². The highest BCUT2D eigenvalue weighted by Crippen LogP contribution is 2.26. The number of aryl methyl sites for hydroxylation is 2. The van der Waals surface area contributed by atoms with Crippen LogP contribution >= 0.6 is 0 Å². The number of ether oxygens (including phenoxy) is 1. The zero-order valence-electron chi connectivity index (χ0n) is 11.7. The van der Waals surface area contributed by atoms with Crippen molar-refractivity contribution in [1.29, 1.82) is 0 Å². The number of aromatic nitrogens is 2. The molecule has 1 aromatic heterocycles. The van der Waals surface area contributed by atoms with Crippen molar-refractivity contribution < 1.29 is 4.74 Å². The molecule has 1 aromatic rings. The Kier molecular flexibility index (Phi) is 4.78. The largest absolute Gasteiger partial charge is 0.381 e. The first-order chi connectivity index (χ1) is 8.72. The van der Waals surface area contributed by atoms with Crippen molar-refractivity contribution in [3.8, 4) is 0 Å². The fraction of sp³-hybridized carbons (Fsp3) is 0.786. The van der Waals surface area contributed by atoms with Crippen LogP contribution in [0.1, 0.15) is 25.6 Å². The second-order valence-electron chi connectivity index (χ2n) is 5.39. The minimum Gasteiger partial charge on any atom is -0.381 e. The summed E-state index contributed by atoms with van der Waals surface area (Å²) in [4.78, 5) is 4.40. The molecule has 2 heterocycles. The Bertz CT molecular complexity index is 364. The normalized spacial score (nSPS) is 26.2. The molecule has 102 valence electrons. The summed E-state index contributed by atoms with van der Waals surface area (Å²) in [5, 5.41) is 3.49. The minimum atomic E-state index is 0.570. The van der Waals surface area contributed by atoms with Crippen LogP contribution in [0.4, 0.5) is 0 Å². The number of rotatable bonds is 5. The van der Waals surface area contributed by atoms with Crippen molar-refractivity contribution in [1.82, 2.24) is 14.9 Å². The van der Waals surface area contributed by atoms with Gasteiger partial charge in [-0.1, -0.05) is 6.92 Å². The molecule has 1 fully saturated rings. The van der Waals surface area contributed by atoms with Crippen molar-refractivity contribution in [2.45, 2.75) is 32.2 Å². The van der Waals surface area contributed by atoms with Gasteiger partial charge in [0.25, 0.3) is 0 Å². The van der Waals surface area contributed by atoms with E-state index in [1.54, 1.807) is 0 Å². The van der Waals surface area contributed by atoms with E-state index in [2.05, 4.69) is 35.9 Å². The molecule has 1 aliphatic rings. The van der Waals surface area contributed by atoms with Gasteiger partial charge in [-0.05, 0) is 31.7 Å². The fourth-order valence-electron chi connectivity index (χ4n) is 2.99. The van der Waals surface area contributed by atoms with E-state index in [0.29, 0.717) is 12.0 Å². The van der Waals surface area contributed by atoms with E-state index in [1.165, 1.54) is 12.2 Å². The summed E-state index contributed by atoms with van der Waals surface area (Å²) in [5.74, 6) is 2.55. The van der Waals surface area contributed by atoms with Crippen LogP contribution in [0, 0.1) is 11.8 Å². The highest BCUT2D eigenvalue weighted by Gasteiger charge is 2.28. The Balaban J connectivity index is 1.90. The zero-order valence-corrected chi connectivity index (χ0v) is 11.7. The van der Waals surface area contributed by atoms with Gasteiger partial charge >= 0.3 is 0 Å². The van der Waals surface area contributed by atoms with Crippen molar-refractivity contribution in [3.05, 3.63) is 18.2 Å². The Morgan fingerprint density at radius 3 is 3.06 bits per heavy atom. The average molecular weight is 251 g/mol. The second kappa shape index (κ2) is 6.34. The van der Waals surface area contributed by atoms with E-state index in [4.69, 9.17) is 4.74 Å². The Morgan fingerprint density at radius 1 is 1.61 bits per heavy atom. The topological polar surface area (TPSA) is 39.1 Å². The lowest BCUT2D eigenvalue weighted by molar-refractivity contribution is 0.0108. The molecule has 3 atom stereocenters. The molecule has 4 heteroatoms. The van der Waals surface area contributed by atoms with Crippen LogP contribution in [0.3, 0.4) is 0 Å². The van der Waals surface area contributed by atoms with Gasteiger partial charge in [-0.15, -0.1) is 0 Å². The second-order valence-corrected chi connectivity index (χ2v) is 5.39. The average Bonchev–Trinajstić information content (AvgIpc) is 2.78. The van der Waals surface area contributed by atoms with E-state index in [1.807, 2.05) is 12.4 Å². The van der Waals surface area contributed by atoms with E-state index < -0.39 is 0 Å². The highest BCUT2D eigenvalue weighted by molar-refractivity contribution is 4.93. The summed E-state index contributed by atoms with van der Waals surface area (Å²) in [6.07, 6.45) is 7.25. The quantitative estimate of drug-likeness (QED) is 0.864. The zero-order chi connectivity index (χ0) is 13.0. The van der Waals surface area contributed by atoms with Gasteiger partial charge in [-0.3, -0.25) is 0 Å². The van der Waals surface area contributed by atoms with Gasteiger partial charge in [0.1, 0.15) is 5.82 Å². The summed E-state index contributed by atoms with van der Waals surface area (Å²) in [5.41, 5.74) is 0. The van der Waals surface area contributed by atoms with Crippen molar-refractivity contribution in [2.24, 2.45) is 18.9 Å². The van der Waals surface area contributed by atoms with E-state index in [9.17, 15) is 0 Å². The fourth-order valence-corrected chi connectivity index (χ4v) is 2.99. The van der Waals surface area contributed by atoms with Crippen LogP contribution < -0.4 is 5.32 Å². The van der Waals surface area contributed by atoms with Crippen LogP contribution in [0.15, 0.2) is 12.4 Å². The van der Waals surface area contributed by atoms with Crippen LogP contribution in [-0.2, 0) is 18.2 Å². The van der Waals surface area contributed by atoms with Crippen LogP contribution in [0.5, 0.6) is 0 Å². The summed E-state index contributed by atoms with van der Waals surface area (Å²) >= 11 is 0. The summed E-state index contributed by atoms with van der Waals surface area (Å²) < 4.78 is 7.64. The SMILES string of the molecule is CNC(CCc1nccn1C)C1CCOCC1C. The highest BCUT2D eigenvalue weighted by atomic mass is 16.5. The minimum absolute atomic E-state index is 0.570. The maximum Gasteiger partial charge on any atom is 0.108 e. The predicted molar refractivity (Wildman–Crippen MR) is 72.5 cm³/mol. The molecule has 0 spiro atoms. The van der Waals surface area contributed by atoms with Gasteiger partial charge in [-0.2, -0.15) is 0 Å².